The highest BCUT2D eigenvalue weighted by molar-refractivity contribution is 7.89. The number of nitro benzene ring substituents is 1. The molecule has 162 valence electrons. The van der Waals surface area contributed by atoms with Gasteiger partial charge < -0.3 is 5.32 Å². The molecular formula is C19H17FN4O5S2. The van der Waals surface area contributed by atoms with Crippen molar-refractivity contribution in [2.45, 2.75) is 17.7 Å². The fourth-order valence-corrected chi connectivity index (χ4v) is 5.77. The molecule has 1 fully saturated rings. The van der Waals surface area contributed by atoms with Gasteiger partial charge in [0, 0.05) is 31.1 Å². The summed E-state index contributed by atoms with van der Waals surface area (Å²) in [5.74, 6) is -1.17. The number of nitrogens with one attached hydrogen (secondary N) is 1. The van der Waals surface area contributed by atoms with Crippen molar-refractivity contribution in [3.63, 3.8) is 0 Å². The molecule has 31 heavy (non-hydrogen) atoms. The second-order valence-corrected chi connectivity index (χ2v) is 10.0. The van der Waals surface area contributed by atoms with E-state index in [0.717, 1.165) is 23.5 Å². The van der Waals surface area contributed by atoms with Gasteiger partial charge in [0.25, 0.3) is 5.69 Å². The molecule has 0 radical (unpaired) electrons. The van der Waals surface area contributed by atoms with Crippen LogP contribution in [0.5, 0.6) is 0 Å². The Labute approximate surface area is 180 Å². The third-order valence-corrected chi connectivity index (χ3v) is 7.94. The number of carbonyl (C=O) groups is 1. The lowest BCUT2D eigenvalue weighted by Crippen LogP contribution is -2.41. The van der Waals surface area contributed by atoms with Crippen molar-refractivity contribution in [2.75, 3.05) is 18.4 Å². The van der Waals surface area contributed by atoms with Crippen molar-refractivity contribution in [1.29, 1.82) is 0 Å². The topological polar surface area (TPSA) is 123 Å². The average molecular weight is 465 g/mol. The maximum atomic E-state index is 13.1. The average Bonchev–Trinajstić information content (AvgIpc) is 3.15. The third-order valence-electron chi connectivity index (χ3n) is 5.09. The molecule has 12 heteroatoms. The molecule has 0 unspecified atom stereocenters. The van der Waals surface area contributed by atoms with E-state index in [2.05, 4.69) is 10.3 Å². The highest BCUT2D eigenvalue weighted by Crippen LogP contribution is 2.30. The van der Waals surface area contributed by atoms with Crippen LogP contribution in [0.4, 0.5) is 15.2 Å². The van der Waals surface area contributed by atoms with Crippen LogP contribution in [0, 0.1) is 21.8 Å². The number of sulfonamides is 1. The summed E-state index contributed by atoms with van der Waals surface area (Å²) in [5.41, 5.74) is 0.495. The molecule has 0 saturated carbocycles. The van der Waals surface area contributed by atoms with Crippen molar-refractivity contribution < 1.29 is 22.5 Å². The summed E-state index contributed by atoms with van der Waals surface area (Å²) in [6.07, 6.45) is 0.672. The summed E-state index contributed by atoms with van der Waals surface area (Å²) < 4.78 is 40.3. The summed E-state index contributed by atoms with van der Waals surface area (Å²) in [6, 6.07) is 8.92. The Hall–Kier alpha value is -2.96. The van der Waals surface area contributed by atoms with Gasteiger partial charge in [0.15, 0.2) is 5.13 Å². The molecule has 1 N–H and O–H groups in total. The Kier molecular flexibility index (Phi) is 5.69. The first kappa shape index (κ1) is 21.3. The van der Waals surface area contributed by atoms with Gasteiger partial charge in [-0.15, -0.1) is 0 Å². The summed E-state index contributed by atoms with van der Waals surface area (Å²) in [5, 5.41) is 14.0. The molecule has 0 bridgehead atoms. The second kappa shape index (κ2) is 8.29. The molecule has 1 aliphatic heterocycles. The Balaban J connectivity index is 1.40. The van der Waals surface area contributed by atoms with E-state index in [9.17, 15) is 27.7 Å². The highest BCUT2D eigenvalue weighted by atomic mass is 32.2. The van der Waals surface area contributed by atoms with Crippen LogP contribution >= 0.6 is 11.3 Å². The molecule has 9 nitrogen and oxygen atoms in total. The summed E-state index contributed by atoms with van der Waals surface area (Å²) >= 11 is 1.14. The van der Waals surface area contributed by atoms with Crippen LogP contribution in [0.3, 0.4) is 0 Å². The van der Waals surface area contributed by atoms with E-state index in [-0.39, 0.29) is 35.5 Å². The number of amides is 1. The van der Waals surface area contributed by atoms with Gasteiger partial charge in [-0.3, -0.25) is 14.9 Å². The van der Waals surface area contributed by atoms with Crippen molar-refractivity contribution in [3.05, 3.63) is 58.4 Å². The molecule has 1 amide bonds. The summed E-state index contributed by atoms with van der Waals surface area (Å²) in [4.78, 5) is 27.3. The second-order valence-electron chi connectivity index (χ2n) is 7.05. The SMILES string of the molecule is O=C(Nc1nc2ccc([N+](=O)[O-])cc2s1)C1CCN(S(=O)(=O)c2ccc(F)cc2)CC1. The zero-order chi connectivity index (χ0) is 22.2. The van der Waals surface area contributed by atoms with Gasteiger partial charge in [-0.1, -0.05) is 11.3 Å². The van der Waals surface area contributed by atoms with Crippen LogP contribution in [-0.4, -0.2) is 41.6 Å². The van der Waals surface area contributed by atoms with Gasteiger partial charge >= 0.3 is 0 Å². The Bertz CT molecular complexity index is 1250. The minimum Gasteiger partial charge on any atom is -0.302 e. The van der Waals surface area contributed by atoms with E-state index in [1.807, 2.05) is 0 Å². The third kappa shape index (κ3) is 4.40. The number of nitrogens with zero attached hydrogens (tertiary/aromatic N) is 3. The Morgan fingerprint density at radius 1 is 1.19 bits per heavy atom. The van der Waals surface area contributed by atoms with Gasteiger partial charge in [0.1, 0.15) is 5.82 Å². The van der Waals surface area contributed by atoms with E-state index in [0.29, 0.717) is 28.2 Å². The van der Waals surface area contributed by atoms with Crippen LogP contribution < -0.4 is 5.32 Å². The molecule has 1 saturated heterocycles. The van der Waals surface area contributed by atoms with E-state index in [1.165, 1.54) is 34.6 Å². The largest absolute Gasteiger partial charge is 0.302 e. The lowest BCUT2D eigenvalue weighted by molar-refractivity contribution is -0.384. The normalized spacial score (nSPS) is 15.8. The predicted molar refractivity (Wildman–Crippen MR) is 113 cm³/mol. The highest BCUT2D eigenvalue weighted by Gasteiger charge is 2.32. The maximum absolute atomic E-state index is 13.1. The number of non-ortho nitro benzene ring substituents is 1. The van der Waals surface area contributed by atoms with Gasteiger partial charge in [0.05, 0.1) is 20.0 Å². The number of hydrogen-bond acceptors (Lipinski definition) is 7. The van der Waals surface area contributed by atoms with Gasteiger partial charge in [0.2, 0.25) is 15.9 Å². The minimum absolute atomic E-state index is 0.0142. The van der Waals surface area contributed by atoms with E-state index < -0.39 is 20.8 Å². The number of hydrogen-bond donors (Lipinski definition) is 1. The van der Waals surface area contributed by atoms with Crippen molar-refractivity contribution in [1.82, 2.24) is 9.29 Å². The molecule has 1 aromatic heterocycles. The van der Waals surface area contributed by atoms with E-state index in [1.54, 1.807) is 0 Å². The van der Waals surface area contributed by atoms with Crippen LogP contribution in [-0.2, 0) is 14.8 Å². The first-order chi connectivity index (χ1) is 14.7. The molecule has 0 atom stereocenters. The molecule has 4 rings (SSSR count). The molecule has 2 aromatic carbocycles. The summed E-state index contributed by atoms with van der Waals surface area (Å²) in [6.45, 7) is 0.341. The van der Waals surface area contributed by atoms with Crippen molar-refractivity contribution >= 4 is 48.3 Å². The Morgan fingerprint density at radius 2 is 1.87 bits per heavy atom. The standard InChI is InChI=1S/C19H17FN4O5S2/c20-13-1-4-15(5-2-13)31(28,29)23-9-7-12(8-10-23)18(25)22-19-21-16-6-3-14(24(26)27)11-17(16)30-19/h1-6,11-12H,7-10H2,(H,21,22,25). The zero-order valence-electron chi connectivity index (χ0n) is 16.0. The lowest BCUT2D eigenvalue weighted by Gasteiger charge is -2.30. The molecule has 0 aliphatic carbocycles. The van der Waals surface area contributed by atoms with Crippen LogP contribution in [0.25, 0.3) is 10.2 Å². The van der Waals surface area contributed by atoms with Crippen LogP contribution in [0.15, 0.2) is 47.4 Å². The Morgan fingerprint density at radius 3 is 2.52 bits per heavy atom. The number of benzene rings is 2. The van der Waals surface area contributed by atoms with E-state index in [4.69, 9.17) is 0 Å². The first-order valence-electron chi connectivity index (χ1n) is 9.35. The number of rotatable bonds is 5. The number of piperidine rings is 1. The van der Waals surface area contributed by atoms with Gasteiger partial charge in [-0.2, -0.15) is 4.31 Å². The number of thiazole rings is 1. The zero-order valence-corrected chi connectivity index (χ0v) is 17.7. The fourth-order valence-electron chi connectivity index (χ4n) is 3.40. The minimum atomic E-state index is -3.75. The van der Waals surface area contributed by atoms with Gasteiger partial charge in [-0.05, 0) is 43.2 Å². The molecule has 2 heterocycles. The van der Waals surface area contributed by atoms with Crippen molar-refractivity contribution in [2.24, 2.45) is 5.92 Å². The molecule has 3 aromatic rings. The quantitative estimate of drug-likeness (QED) is 0.456. The van der Waals surface area contributed by atoms with Crippen molar-refractivity contribution in [3.8, 4) is 0 Å². The lowest BCUT2D eigenvalue weighted by atomic mass is 9.97. The first-order valence-corrected chi connectivity index (χ1v) is 11.6. The predicted octanol–water partition coefficient (Wildman–Crippen LogP) is 3.38. The number of nitro groups is 1. The summed E-state index contributed by atoms with van der Waals surface area (Å²) in [7, 11) is -3.75. The number of anilines is 1. The maximum Gasteiger partial charge on any atom is 0.270 e. The van der Waals surface area contributed by atoms with Gasteiger partial charge in [-0.25, -0.2) is 17.8 Å². The number of aromatic nitrogens is 1. The molecular weight excluding hydrogens is 447 g/mol. The monoisotopic (exact) mass is 464 g/mol. The van der Waals surface area contributed by atoms with Crippen LogP contribution in [0.2, 0.25) is 0 Å². The molecule has 0 spiro atoms. The number of halogens is 1. The number of carbonyl (C=O) groups excluding carboxylic acids is 1. The molecule has 1 aliphatic rings. The van der Waals surface area contributed by atoms with Crippen LogP contribution in [0.1, 0.15) is 12.8 Å². The fraction of sp³-hybridized carbons (Fsp3) is 0.263. The number of fused-ring (bicyclic) bond motifs is 1. The smallest absolute Gasteiger partial charge is 0.270 e. The van der Waals surface area contributed by atoms with E-state index >= 15 is 0 Å².